The number of fused-ring (bicyclic) bond motifs is 3. The average Bonchev–Trinajstić information content (AvgIpc) is 1.91. The largest absolute Gasteiger partial charge is 0.394 e. The fraction of sp³-hybridized carbons (Fsp3) is 0.400. The molecule has 12 rings (SSSR count). The van der Waals surface area contributed by atoms with Gasteiger partial charge in [-0.2, -0.15) is 45.9 Å². The molecule has 0 aliphatic carbocycles. The third-order valence-corrected chi connectivity index (χ3v) is 15.2. The van der Waals surface area contributed by atoms with E-state index in [0.29, 0.717) is 35.4 Å². The van der Waals surface area contributed by atoms with Gasteiger partial charge in [0, 0.05) is 88.7 Å². The van der Waals surface area contributed by atoms with E-state index in [4.69, 9.17) is 20.1 Å². The Morgan fingerprint density at radius 1 is 0.402 bits per heavy atom. The monoisotopic (exact) mass is 1190 g/mol. The lowest BCUT2D eigenvalue weighted by atomic mass is 10.1. The Labute approximate surface area is 501 Å². The molecule has 0 amide bonds. The van der Waals surface area contributed by atoms with E-state index in [1.54, 1.807) is 83.4 Å². The first-order valence-electron chi connectivity index (χ1n) is 29.2. The van der Waals surface area contributed by atoms with Gasteiger partial charge in [0.25, 0.3) is 0 Å². The summed E-state index contributed by atoms with van der Waals surface area (Å²) in [6.45, 7) is 14.3. The van der Waals surface area contributed by atoms with E-state index in [0.717, 1.165) is 98.4 Å². The van der Waals surface area contributed by atoms with Gasteiger partial charge in [-0.05, 0) is 64.2 Å². The molecule has 0 aliphatic heterocycles. The molecule has 456 valence electrons. The summed E-state index contributed by atoms with van der Waals surface area (Å²) in [5, 5.41) is 95.7. The molecule has 0 spiro atoms. The number of hydrogen-bond donors (Lipinski definition) is 6. The van der Waals surface area contributed by atoms with E-state index < -0.39 is 18.2 Å². The molecule has 12 heterocycles. The van der Waals surface area contributed by atoms with Crippen LogP contribution >= 0.6 is 0 Å². The lowest BCUT2D eigenvalue weighted by Gasteiger charge is -2.14. The van der Waals surface area contributed by atoms with E-state index in [2.05, 4.69) is 94.4 Å². The third-order valence-electron chi connectivity index (χ3n) is 15.2. The molecule has 0 fully saturated rings. The molecule has 0 saturated heterocycles. The molecule has 87 heavy (non-hydrogen) atoms. The lowest BCUT2D eigenvalue weighted by molar-refractivity contribution is 0.0783. The van der Waals surface area contributed by atoms with Gasteiger partial charge in [0.05, 0.1) is 183 Å². The Hall–Kier alpha value is -9.12. The van der Waals surface area contributed by atoms with Gasteiger partial charge in [0.1, 0.15) is 0 Å². The zero-order valence-corrected chi connectivity index (χ0v) is 49.8. The van der Waals surface area contributed by atoms with E-state index in [1.807, 2.05) is 88.0 Å². The van der Waals surface area contributed by atoms with Crippen molar-refractivity contribution in [3.05, 3.63) is 130 Å². The summed E-state index contributed by atoms with van der Waals surface area (Å²) in [4.78, 5) is 14.6. The van der Waals surface area contributed by atoms with Crippen LogP contribution in [-0.2, 0) is 6.54 Å². The molecule has 12 aromatic rings. The minimum atomic E-state index is -0.851. The van der Waals surface area contributed by atoms with Crippen molar-refractivity contribution in [2.24, 2.45) is 5.92 Å². The standard InChI is InChI=1S/C21H27N7O2.C20H25N7O2.C19H23N7O2/c1-14(2)6-15(3)26-10-17(8-23-26)21-20-4-5-22-28(20)11-19(25-21)16-7-24-27(9-16)18(12-29)13-30;1-3-4-14(2)26-10-16(8-23-26)20-19-5-6-21-27(19)12-18(24-20)15-7-22-25(9-15)11-17(29)13-28;1-3-13(2)24-9-15(7-21-24)19-18-4-5-20-26(18)10-17(23-19)14-6-22-25(8-14)16(11-27)12-28/h4-5,7-11,14-15,18,29-30H,6,12-13H2,1-3H3;5-10,12,14,17,28-29H,3-4,11,13H2,1-2H3;4-10,13,16,27-28H,3,11-12H2,1-2H3/t15-;14-,17-;13-/m001/s1. The SMILES string of the molecule is CC(C)C[C@H](C)n1cc(-c2nc(-c3cnn(C(CO)CO)c3)cn3nccc23)cn1.CCC[C@H](C)n1cc(-c2nc(-c3cnn(C[C@H](O)CO)c3)cn3nccc23)cn1.CC[C@@H](C)n1cc(-c2nc(-c3cnn(C(CO)CO)c3)cn3nccc23)cn1. The lowest BCUT2D eigenvalue weighted by Crippen LogP contribution is -2.19. The van der Waals surface area contributed by atoms with Crippen LogP contribution in [0.2, 0.25) is 0 Å². The summed E-state index contributed by atoms with van der Waals surface area (Å²) in [6.07, 6.45) is 36.1. The highest BCUT2D eigenvalue weighted by Crippen LogP contribution is 2.32. The number of nitrogens with zero attached hydrogens (tertiary/aromatic N) is 21. The number of rotatable bonds is 23. The number of aromatic nitrogens is 21. The minimum Gasteiger partial charge on any atom is -0.394 e. The molecule has 0 aliphatic rings. The molecule has 6 N–H and O–H groups in total. The smallest absolute Gasteiger partial charge is 0.0999 e. The number of aliphatic hydroxyl groups excluding tert-OH is 6. The third kappa shape index (κ3) is 13.6. The van der Waals surface area contributed by atoms with E-state index in [1.165, 1.54) is 0 Å². The van der Waals surface area contributed by atoms with Crippen LogP contribution in [0.15, 0.2) is 130 Å². The molecule has 27 heteroatoms. The second kappa shape index (κ2) is 27.5. The maximum Gasteiger partial charge on any atom is 0.0999 e. The molecular weight excluding hydrogens is 1110 g/mol. The van der Waals surface area contributed by atoms with Crippen molar-refractivity contribution in [3.63, 3.8) is 0 Å². The van der Waals surface area contributed by atoms with Crippen molar-refractivity contribution in [2.45, 2.75) is 117 Å². The minimum absolute atomic E-state index is 0.191. The van der Waals surface area contributed by atoms with Crippen LogP contribution in [0.3, 0.4) is 0 Å². The van der Waals surface area contributed by atoms with Crippen LogP contribution in [0.25, 0.3) is 84.1 Å². The second-order valence-corrected chi connectivity index (χ2v) is 22.2. The van der Waals surface area contributed by atoms with Gasteiger partial charge in [-0.3, -0.25) is 28.1 Å². The number of hydrogen-bond acceptors (Lipinski definition) is 18. The zero-order valence-electron chi connectivity index (χ0n) is 49.8. The van der Waals surface area contributed by atoms with E-state index in [9.17, 15) is 25.5 Å². The van der Waals surface area contributed by atoms with Crippen LogP contribution in [0.1, 0.15) is 104 Å². The van der Waals surface area contributed by atoms with Crippen molar-refractivity contribution in [2.75, 3.05) is 33.0 Å². The van der Waals surface area contributed by atoms with Gasteiger partial charge in [-0.25, -0.2) is 28.5 Å². The first-order chi connectivity index (χ1) is 42.2. The van der Waals surface area contributed by atoms with Crippen LogP contribution in [0.4, 0.5) is 0 Å². The van der Waals surface area contributed by atoms with Crippen molar-refractivity contribution in [1.82, 2.24) is 102 Å². The summed E-state index contributed by atoms with van der Waals surface area (Å²) in [5.74, 6) is 0.592. The van der Waals surface area contributed by atoms with Gasteiger partial charge in [-0.15, -0.1) is 0 Å². The molecule has 4 atom stereocenters. The Bertz CT molecular complexity index is 4130. The van der Waals surface area contributed by atoms with Gasteiger partial charge in [0.15, 0.2) is 0 Å². The predicted molar refractivity (Wildman–Crippen MR) is 325 cm³/mol. The topological polar surface area (TPSA) is 319 Å². The second-order valence-electron chi connectivity index (χ2n) is 22.2. The summed E-state index contributed by atoms with van der Waals surface area (Å²) < 4.78 is 16.0. The van der Waals surface area contributed by atoms with E-state index in [-0.39, 0.29) is 39.6 Å². The van der Waals surface area contributed by atoms with Crippen LogP contribution in [0.5, 0.6) is 0 Å². The molecule has 12 aromatic heterocycles. The average molecular weight is 1190 g/mol. The molecular formula is C60H75N21O6. The summed E-state index contributed by atoms with van der Waals surface area (Å²) in [7, 11) is 0. The summed E-state index contributed by atoms with van der Waals surface area (Å²) >= 11 is 0. The zero-order chi connectivity index (χ0) is 61.3. The maximum absolute atomic E-state index is 9.63. The fourth-order valence-corrected chi connectivity index (χ4v) is 10.1. The molecule has 0 unspecified atom stereocenters. The Kier molecular flexibility index (Phi) is 19.3. The fourth-order valence-electron chi connectivity index (χ4n) is 10.1. The van der Waals surface area contributed by atoms with Crippen LogP contribution < -0.4 is 0 Å². The van der Waals surface area contributed by atoms with Crippen molar-refractivity contribution in [1.29, 1.82) is 0 Å². The highest BCUT2D eigenvalue weighted by Gasteiger charge is 2.21. The molecule has 27 nitrogen and oxygen atoms in total. The van der Waals surface area contributed by atoms with Gasteiger partial charge in [-0.1, -0.05) is 34.1 Å². The Morgan fingerprint density at radius 3 is 1.16 bits per heavy atom. The van der Waals surface area contributed by atoms with Gasteiger partial charge in [0.2, 0.25) is 0 Å². The normalized spacial score (nSPS) is 13.2. The molecule has 0 saturated carbocycles. The van der Waals surface area contributed by atoms with E-state index >= 15 is 0 Å². The van der Waals surface area contributed by atoms with Gasteiger partial charge >= 0.3 is 0 Å². The Balaban J connectivity index is 0.000000145. The first-order valence-corrected chi connectivity index (χ1v) is 29.2. The van der Waals surface area contributed by atoms with Crippen molar-refractivity contribution >= 4 is 16.6 Å². The summed E-state index contributed by atoms with van der Waals surface area (Å²) in [5.41, 5.74) is 12.3. The predicted octanol–water partition coefficient (Wildman–Crippen LogP) is 6.71. The molecule has 0 radical (unpaired) electrons. The van der Waals surface area contributed by atoms with Crippen molar-refractivity contribution < 1.29 is 30.6 Å². The van der Waals surface area contributed by atoms with Crippen LogP contribution in [0, 0.1) is 5.92 Å². The number of aliphatic hydroxyl groups is 6. The Morgan fingerprint density at radius 2 is 0.770 bits per heavy atom. The van der Waals surface area contributed by atoms with Crippen LogP contribution in [-0.4, -0.2) is 172 Å². The quantitative estimate of drug-likeness (QED) is 0.0387. The highest BCUT2D eigenvalue weighted by atomic mass is 16.3. The summed E-state index contributed by atoms with van der Waals surface area (Å²) in [6, 6.07) is 5.76. The maximum atomic E-state index is 9.63. The molecule has 0 aromatic carbocycles. The highest BCUT2D eigenvalue weighted by molar-refractivity contribution is 5.80. The molecule has 0 bridgehead atoms. The van der Waals surface area contributed by atoms with Crippen molar-refractivity contribution in [3.8, 4) is 67.5 Å². The van der Waals surface area contributed by atoms with Gasteiger partial charge < -0.3 is 30.6 Å². The first kappa shape index (κ1) is 61.0.